The van der Waals surface area contributed by atoms with Crippen LogP contribution in [0.25, 0.3) is 0 Å². The van der Waals surface area contributed by atoms with Gasteiger partial charge < -0.3 is 34.3 Å². The molecule has 1 saturated heterocycles. The molecule has 6 atom stereocenters. The van der Waals surface area contributed by atoms with Crippen LogP contribution < -0.4 is 0 Å². The number of aliphatic hydroxyl groups is 3. The Kier molecular flexibility index (Phi) is 37.4. The predicted octanol–water partition coefficient (Wildman–Crippen LogP) is 11.0. The lowest BCUT2D eigenvalue weighted by Crippen LogP contribution is -2.60. The van der Waals surface area contributed by atoms with Gasteiger partial charge in [-0.25, -0.2) is 0 Å². The number of allylic oxidation sites excluding steroid dienone is 2. The Morgan fingerprint density at radius 1 is 0.532 bits per heavy atom. The molecule has 0 spiro atoms. The lowest BCUT2D eigenvalue weighted by molar-refractivity contribution is -0.297. The van der Waals surface area contributed by atoms with Crippen molar-refractivity contribution in [2.45, 2.75) is 269 Å². The third-order valence-electron chi connectivity index (χ3n) is 11.8. The van der Waals surface area contributed by atoms with Crippen LogP contribution in [0.4, 0.5) is 0 Å². The van der Waals surface area contributed by atoms with E-state index in [-0.39, 0.29) is 19.4 Å². The van der Waals surface area contributed by atoms with E-state index in [1.807, 2.05) is 0 Å². The van der Waals surface area contributed by atoms with E-state index in [1.54, 1.807) is 0 Å². The maximum atomic E-state index is 12.8. The molecule has 1 aliphatic rings. The number of aliphatic hydroxyl groups excluding tert-OH is 3. The van der Waals surface area contributed by atoms with Crippen LogP contribution in [-0.2, 0) is 38.7 Å². The molecule has 1 rings (SSSR count). The number of unbranched alkanes of at least 4 members (excludes halogenated alkanes) is 29. The Morgan fingerprint density at radius 3 is 1.37 bits per heavy atom. The number of carbonyl (C=O) groups is 2. The van der Waals surface area contributed by atoms with E-state index in [0.29, 0.717) is 12.8 Å². The summed E-state index contributed by atoms with van der Waals surface area (Å²) in [6.07, 6.45) is 34.1. The number of hydrogen-bond donors (Lipinski definition) is 4. The molecule has 1 aliphatic heterocycles. The summed E-state index contributed by atoms with van der Waals surface area (Å²) in [4.78, 5) is 25.4. The van der Waals surface area contributed by atoms with Crippen molar-refractivity contribution >= 4 is 22.1 Å². The Hall–Kier alpha value is -1.61. The zero-order valence-electron chi connectivity index (χ0n) is 39.2. The van der Waals surface area contributed by atoms with Gasteiger partial charge in [0.25, 0.3) is 10.1 Å². The monoisotopic (exact) mass is 905 g/mol. The standard InChI is InChI=1S/C49H92O12S/c1-3-5-7-9-11-13-15-17-18-19-20-21-22-23-24-25-26-28-29-31-33-35-37-44(50)58-39-42(40-59-49-48(54)47(53)46(52)43(61-49)41-62(55,56)57)60-45(51)38-36-34-32-30-27-16-14-12-10-8-6-4-2/h12,14,42-43,46-49,52-54H,3-11,13,15-41H2,1-2H3,(H,55,56,57)/b14-12+/t42-,43-,46-,47?,48?,49+/m1/s1. The minimum atomic E-state index is -4.60. The third-order valence-corrected chi connectivity index (χ3v) is 12.6. The number of ether oxygens (including phenoxy) is 4. The number of hydrogen-bond acceptors (Lipinski definition) is 11. The number of rotatable bonds is 43. The molecule has 0 saturated carbocycles. The predicted molar refractivity (Wildman–Crippen MR) is 247 cm³/mol. The molecular formula is C49H92O12S. The van der Waals surface area contributed by atoms with Crippen LogP contribution in [0.2, 0.25) is 0 Å². The van der Waals surface area contributed by atoms with E-state index in [2.05, 4.69) is 26.0 Å². The molecule has 0 amide bonds. The second-order valence-corrected chi connectivity index (χ2v) is 19.3. The molecule has 1 heterocycles. The average Bonchev–Trinajstić information content (AvgIpc) is 3.24. The zero-order chi connectivity index (χ0) is 45.5. The number of esters is 2. The van der Waals surface area contributed by atoms with Gasteiger partial charge in [0.1, 0.15) is 36.8 Å². The van der Waals surface area contributed by atoms with Crippen LogP contribution in [0.1, 0.15) is 232 Å². The first-order chi connectivity index (χ1) is 30.0. The van der Waals surface area contributed by atoms with Gasteiger partial charge in [-0.3, -0.25) is 14.1 Å². The van der Waals surface area contributed by atoms with Gasteiger partial charge in [0, 0.05) is 12.8 Å². The van der Waals surface area contributed by atoms with Crippen molar-refractivity contribution in [3.63, 3.8) is 0 Å². The van der Waals surface area contributed by atoms with Crippen LogP contribution in [0.15, 0.2) is 12.2 Å². The molecule has 0 aromatic rings. The highest BCUT2D eigenvalue weighted by molar-refractivity contribution is 7.85. The minimum Gasteiger partial charge on any atom is -0.462 e. The highest BCUT2D eigenvalue weighted by atomic mass is 32.2. The minimum absolute atomic E-state index is 0.158. The van der Waals surface area contributed by atoms with Crippen molar-refractivity contribution in [2.24, 2.45) is 0 Å². The Morgan fingerprint density at radius 2 is 0.919 bits per heavy atom. The quantitative estimate of drug-likeness (QED) is 0.0197. The van der Waals surface area contributed by atoms with Crippen LogP contribution in [0.3, 0.4) is 0 Å². The number of carbonyl (C=O) groups excluding carboxylic acids is 2. The largest absolute Gasteiger partial charge is 0.462 e. The first-order valence-electron chi connectivity index (χ1n) is 25.2. The first kappa shape index (κ1) is 58.4. The van der Waals surface area contributed by atoms with Gasteiger partial charge in [0.15, 0.2) is 12.4 Å². The van der Waals surface area contributed by atoms with Gasteiger partial charge in [-0.1, -0.05) is 193 Å². The summed E-state index contributed by atoms with van der Waals surface area (Å²) in [6, 6.07) is 0. The second kappa shape index (κ2) is 39.7. The normalized spacial score (nSPS) is 19.9. The summed E-state index contributed by atoms with van der Waals surface area (Å²) in [7, 11) is -4.60. The maximum absolute atomic E-state index is 12.8. The van der Waals surface area contributed by atoms with Crippen molar-refractivity contribution in [1.82, 2.24) is 0 Å². The van der Waals surface area contributed by atoms with Gasteiger partial charge >= 0.3 is 11.9 Å². The Balaban J connectivity index is 2.32. The summed E-state index contributed by atoms with van der Waals surface area (Å²) in [5.41, 5.74) is 0. The molecule has 366 valence electrons. The summed E-state index contributed by atoms with van der Waals surface area (Å²) in [5.74, 6) is -1.98. The molecule has 0 bridgehead atoms. The molecule has 12 nitrogen and oxygen atoms in total. The zero-order valence-corrected chi connectivity index (χ0v) is 40.1. The van der Waals surface area contributed by atoms with Gasteiger partial charge in [0.05, 0.1) is 6.61 Å². The van der Waals surface area contributed by atoms with Gasteiger partial charge in [0.2, 0.25) is 0 Å². The third kappa shape index (κ3) is 33.8. The van der Waals surface area contributed by atoms with Crippen LogP contribution in [0.5, 0.6) is 0 Å². The summed E-state index contributed by atoms with van der Waals surface area (Å²) < 4.78 is 54.1. The van der Waals surface area contributed by atoms with E-state index in [4.69, 9.17) is 18.9 Å². The SMILES string of the molecule is CCCCC/C=C/CCCCCCCC(=O)O[C@H](COC(=O)CCCCCCCCCCCCCCCCCCCCCCCC)CO[C@H]1O[C@H](CS(=O)(=O)O)[C@@H](O)C(O)C1O. The van der Waals surface area contributed by atoms with Crippen molar-refractivity contribution in [2.75, 3.05) is 19.0 Å². The molecule has 0 radical (unpaired) electrons. The second-order valence-electron chi connectivity index (χ2n) is 17.8. The van der Waals surface area contributed by atoms with Crippen LogP contribution in [0, 0.1) is 0 Å². The van der Waals surface area contributed by atoms with Gasteiger partial charge in [-0.05, 0) is 38.5 Å². The molecule has 1 fully saturated rings. The lowest BCUT2D eigenvalue weighted by Gasteiger charge is -2.40. The fraction of sp³-hybridized carbons (Fsp3) is 0.918. The molecule has 0 aliphatic carbocycles. The van der Waals surface area contributed by atoms with E-state index in [0.717, 1.165) is 57.8 Å². The molecule has 2 unspecified atom stereocenters. The molecule has 13 heteroatoms. The highest BCUT2D eigenvalue weighted by Gasteiger charge is 2.46. The van der Waals surface area contributed by atoms with Gasteiger partial charge in [-0.15, -0.1) is 0 Å². The van der Waals surface area contributed by atoms with Crippen molar-refractivity contribution in [1.29, 1.82) is 0 Å². The van der Waals surface area contributed by atoms with Gasteiger partial charge in [-0.2, -0.15) is 8.42 Å². The maximum Gasteiger partial charge on any atom is 0.306 e. The fourth-order valence-electron chi connectivity index (χ4n) is 7.91. The van der Waals surface area contributed by atoms with Crippen molar-refractivity contribution in [3.05, 3.63) is 12.2 Å². The summed E-state index contributed by atoms with van der Waals surface area (Å²) in [5, 5.41) is 30.9. The highest BCUT2D eigenvalue weighted by Crippen LogP contribution is 2.24. The Labute approximate surface area is 377 Å². The van der Waals surface area contributed by atoms with Crippen LogP contribution in [-0.4, -0.2) is 96.0 Å². The van der Waals surface area contributed by atoms with Crippen molar-refractivity contribution < 1.29 is 56.8 Å². The summed E-state index contributed by atoms with van der Waals surface area (Å²) >= 11 is 0. The average molecular weight is 905 g/mol. The Bertz CT molecular complexity index is 1200. The van der Waals surface area contributed by atoms with E-state index in [1.165, 1.54) is 135 Å². The van der Waals surface area contributed by atoms with Crippen LogP contribution >= 0.6 is 0 Å². The molecule has 0 aromatic carbocycles. The van der Waals surface area contributed by atoms with E-state index >= 15 is 0 Å². The molecule has 62 heavy (non-hydrogen) atoms. The smallest absolute Gasteiger partial charge is 0.306 e. The lowest BCUT2D eigenvalue weighted by atomic mass is 10.00. The summed E-state index contributed by atoms with van der Waals surface area (Å²) in [6.45, 7) is 3.76. The molecule has 4 N–H and O–H groups in total. The molecular weight excluding hydrogens is 813 g/mol. The molecule has 0 aromatic heterocycles. The van der Waals surface area contributed by atoms with E-state index in [9.17, 15) is 37.9 Å². The topological polar surface area (TPSA) is 186 Å². The first-order valence-corrected chi connectivity index (χ1v) is 26.9. The fourth-order valence-corrected chi connectivity index (χ4v) is 8.60. The van der Waals surface area contributed by atoms with Crippen molar-refractivity contribution in [3.8, 4) is 0 Å². The van der Waals surface area contributed by atoms with E-state index < -0.39 is 71.2 Å².